The highest BCUT2D eigenvalue weighted by molar-refractivity contribution is 14.0. The minimum Gasteiger partial charge on any atom is -0.357 e. The molecule has 0 saturated heterocycles. The highest BCUT2D eigenvalue weighted by Crippen LogP contribution is 2.08. The molecule has 0 fully saturated rings. The Balaban J connectivity index is 0.00000420. The van der Waals surface area contributed by atoms with Gasteiger partial charge in [0.15, 0.2) is 5.96 Å². The lowest BCUT2D eigenvalue weighted by molar-refractivity contribution is 0.0827. The van der Waals surface area contributed by atoms with Crippen molar-refractivity contribution < 1.29 is 4.79 Å². The third-order valence-corrected chi connectivity index (χ3v) is 4.38. The highest BCUT2D eigenvalue weighted by atomic mass is 127. The SMILES string of the molecule is CCNC(=NCCc1cccc(C(=O)N(C)C)c1)NCCc1cccc(C)c1.I. The fourth-order valence-electron chi connectivity index (χ4n) is 2.95. The van der Waals surface area contributed by atoms with Crippen molar-refractivity contribution in [2.75, 3.05) is 33.7 Å². The number of amides is 1. The molecule has 0 unspecified atom stereocenters. The van der Waals surface area contributed by atoms with Crippen LogP contribution in [0.5, 0.6) is 0 Å². The van der Waals surface area contributed by atoms with E-state index in [9.17, 15) is 4.79 Å². The molecule has 2 N–H and O–H groups in total. The quantitative estimate of drug-likeness (QED) is 0.325. The van der Waals surface area contributed by atoms with Crippen molar-refractivity contribution in [3.8, 4) is 0 Å². The van der Waals surface area contributed by atoms with Crippen LogP contribution in [-0.2, 0) is 12.8 Å². The van der Waals surface area contributed by atoms with Crippen LogP contribution in [0.15, 0.2) is 53.5 Å². The van der Waals surface area contributed by atoms with Gasteiger partial charge in [-0.15, -0.1) is 24.0 Å². The lowest BCUT2D eigenvalue weighted by atomic mass is 10.1. The summed E-state index contributed by atoms with van der Waals surface area (Å²) < 4.78 is 0. The molecule has 1 amide bonds. The molecule has 2 aromatic rings. The summed E-state index contributed by atoms with van der Waals surface area (Å²) >= 11 is 0. The van der Waals surface area contributed by atoms with Crippen LogP contribution < -0.4 is 10.6 Å². The van der Waals surface area contributed by atoms with Crippen LogP contribution in [-0.4, -0.2) is 50.5 Å². The Morgan fingerprint density at radius 2 is 1.69 bits per heavy atom. The fraction of sp³-hybridized carbons (Fsp3) is 0.391. The summed E-state index contributed by atoms with van der Waals surface area (Å²) in [6.07, 6.45) is 1.75. The molecule has 0 bridgehead atoms. The minimum absolute atomic E-state index is 0. The van der Waals surface area contributed by atoms with E-state index in [0.29, 0.717) is 6.54 Å². The summed E-state index contributed by atoms with van der Waals surface area (Å²) in [6, 6.07) is 16.4. The first-order valence-corrected chi connectivity index (χ1v) is 9.88. The zero-order valence-electron chi connectivity index (χ0n) is 17.9. The van der Waals surface area contributed by atoms with Crippen molar-refractivity contribution >= 4 is 35.8 Å². The molecule has 0 aliphatic carbocycles. The summed E-state index contributed by atoms with van der Waals surface area (Å²) in [5.41, 5.74) is 4.44. The number of carbonyl (C=O) groups excluding carboxylic acids is 1. The second-order valence-corrected chi connectivity index (χ2v) is 7.08. The van der Waals surface area contributed by atoms with Crippen molar-refractivity contribution in [2.24, 2.45) is 4.99 Å². The van der Waals surface area contributed by atoms with Crippen LogP contribution in [0.2, 0.25) is 0 Å². The second kappa shape index (κ2) is 13.2. The summed E-state index contributed by atoms with van der Waals surface area (Å²) in [4.78, 5) is 18.4. The Bertz CT molecular complexity index is 805. The topological polar surface area (TPSA) is 56.7 Å². The zero-order valence-corrected chi connectivity index (χ0v) is 20.2. The Morgan fingerprint density at radius 3 is 2.34 bits per heavy atom. The molecule has 0 aliphatic rings. The van der Waals surface area contributed by atoms with Crippen molar-refractivity contribution in [3.05, 3.63) is 70.8 Å². The number of hydrogen-bond donors (Lipinski definition) is 2. The monoisotopic (exact) mass is 508 g/mol. The number of aliphatic imine (C=N–C) groups is 1. The van der Waals surface area contributed by atoms with Crippen LogP contribution >= 0.6 is 24.0 Å². The maximum atomic E-state index is 12.1. The van der Waals surface area contributed by atoms with Gasteiger partial charge in [-0.05, 0) is 49.9 Å². The molecule has 0 saturated carbocycles. The van der Waals surface area contributed by atoms with Gasteiger partial charge in [-0.25, -0.2) is 0 Å². The van der Waals surface area contributed by atoms with E-state index in [1.165, 1.54) is 11.1 Å². The normalized spacial score (nSPS) is 10.8. The predicted molar refractivity (Wildman–Crippen MR) is 132 cm³/mol. The maximum absolute atomic E-state index is 12.1. The van der Waals surface area contributed by atoms with Gasteiger partial charge in [0.2, 0.25) is 0 Å². The molecule has 0 spiro atoms. The van der Waals surface area contributed by atoms with Gasteiger partial charge in [-0.3, -0.25) is 9.79 Å². The Kier molecular flexibility index (Phi) is 11.3. The summed E-state index contributed by atoms with van der Waals surface area (Å²) in [5, 5.41) is 6.69. The van der Waals surface area contributed by atoms with Gasteiger partial charge in [0, 0.05) is 39.3 Å². The molecular formula is C23H33IN4O. The first-order valence-electron chi connectivity index (χ1n) is 9.88. The summed E-state index contributed by atoms with van der Waals surface area (Å²) in [7, 11) is 3.54. The lowest BCUT2D eigenvalue weighted by Crippen LogP contribution is -2.38. The Labute approximate surface area is 192 Å². The van der Waals surface area contributed by atoms with E-state index in [1.54, 1.807) is 19.0 Å². The first-order chi connectivity index (χ1) is 13.5. The van der Waals surface area contributed by atoms with Crippen LogP contribution in [0.4, 0.5) is 0 Å². The lowest BCUT2D eigenvalue weighted by Gasteiger charge is -2.12. The van der Waals surface area contributed by atoms with E-state index in [2.05, 4.69) is 53.7 Å². The standard InChI is InChI=1S/C23H32N4O.HI/c1-5-24-23(25-14-12-19-9-6-8-18(2)16-19)26-15-13-20-10-7-11-21(17-20)22(28)27(3)4;/h6-11,16-17H,5,12-15H2,1-4H3,(H2,24,25,26);1H. The van der Waals surface area contributed by atoms with Gasteiger partial charge in [0.25, 0.3) is 5.91 Å². The van der Waals surface area contributed by atoms with E-state index >= 15 is 0 Å². The molecule has 0 heterocycles. The van der Waals surface area contributed by atoms with Gasteiger partial charge in [0.1, 0.15) is 0 Å². The number of rotatable bonds is 8. The largest absolute Gasteiger partial charge is 0.357 e. The predicted octanol–water partition coefficient (Wildman–Crippen LogP) is 3.66. The van der Waals surface area contributed by atoms with Crippen LogP contribution in [0, 0.1) is 6.92 Å². The van der Waals surface area contributed by atoms with Gasteiger partial charge in [0.05, 0.1) is 0 Å². The third kappa shape index (κ3) is 8.85. The summed E-state index contributed by atoms with van der Waals surface area (Å²) in [5.74, 6) is 0.854. The van der Waals surface area contributed by atoms with Crippen molar-refractivity contribution in [1.29, 1.82) is 0 Å². The Morgan fingerprint density at radius 1 is 1.00 bits per heavy atom. The van der Waals surface area contributed by atoms with E-state index in [4.69, 9.17) is 0 Å². The molecule has 6 heteroatoms. The molecule has 0 atom stereocenters. The number of halogens is 1. The maximum Gasteiger partial charge on any atom is 0.253 e. The van der Waals surface area contributed by atoms with Gasteiger partial charge in [-0.2, -0.15) is 0 Å². The molecular weight excluding hydrogens is 475 g/mol. The third-order valence-electron chi connectivity index (χ3n) is 4.38. The number of benzene rings is 2. The number of aryl methyl sites for hydroxylation is 1. The number of hydrogen-bond acceptors (Lipinski definition) is 2. The molecule has 5 nitrogen and oxygen atoms in total. The van der Waals surface area contributed by atoms with Gasteiger partial charge in [-0.1, -0.05) is 42.0 Å². The molecule has 2 rings (SSSR count). The highest BCUT2D eigenvalue weighted by Gasteiger charge is 2.08. The molecule has 29 heavy (non-hydrogen) atoms. The van der Waals surface area contributed by atoms with E-state index in [-0.39, 0.29) is 29.9 Å². The van der Waals surface area contributed by atoms with E-state index in [1.807, 2.05) is 24.3 Å². The molecule has 2 aromatic carbocycles. The number of carbonyl (C=O) groups is 1. The zero-order chi connectivity index (χ0) is 20.4. The molecule has 0 aromatic heterocycles. The molecule has 0 radical (unpaired) electrons. The van der Waals surface area contributed by atoms with Crippen molar-refractivity contribution in [1.82, 2.24) is 15.5 Å². The van der Waals surface area contributed by atoms with E-state index in [0.717, 1.165) is 43.0 Å². The van der Waals surface area contributed by atoms with Gasteiger partial charge < -0.3 is 15.5 Å². The average Bonchev–Trinajstić information content (AvgIpc) is 2.67. The van der Waals surface area contributed by atoms with Crippen LogP contribution in [0.25, 0.3) is 0 Å². The van der Waals surface area contributed by atoms with Crippen LogP contribution in [0.1, 0.15) is 34.0 Å². The van der Waals surface area contributed by atoms with Gasteiger partial charge >= 0.3 is 0 Å². The van der Waals surface area contributed by atoms with Crippen molar-refractivity contribution in [2.45, 2.75) is 26.7 Å². The minimum atomic E-state index is 0. The molecule has 158 valence electrons. The first kappa shape index (κ1) is 24.9. The Hall–Kier alpha value is -2.09. The molecule has 0 aliphatic heterocycles. The van der Waals surface area contributed by atoms with E-state index < -0.39 is 0 Å². The fourth-order valence-corrected chi connectivity index (χ4v) is 2.95. The van der Waals surface area contributed by atoms with Crippen molar-refractivity contribution in [3.63, 3.8) is 0 Å². The second-order valence-electron chi connectivity index (χ2n) is 7.08. The number of nitrogens with zero attached hydrogens (tertiary/aromatic N) is 2. The average molecular weight is 508 g/mol. The number of guanidine groups is 1. The number of nitrogens with one attached hydrogen (secondary N) is 2. The smallest absolute Gasteiger partial charge is 0.253 e. The van der Waals surface area contributed by atoms with Crippen LogP contribution in [0.3, 0.4) is 0 Å². The summed E-state index contributed by atoms with van der Waals surface area (Å²) in [6.45, 7) is 6.50.